The number of aliphatic imine (C=N–C) groups is 1. The Hall–Kier alpha value is -2.59. The second kappa shape index (κ2) is 10.8. The number of ketones is 1. The summed E-state index contributed by atoms with van der Waals surface area (Å²) < 4.78 is 5.40. The van der Waals surface area contributed by atoms with E-state index >= 15 is 0 Å². The SMILES string of the molecule is CN=C(/C=C\CC(=O)c1ccc(C2CCOCC2)nc1)/C=C/C1=CC=CCC1C. The Morgan fingerprint density at radius 3 is 2.79 bits per heavy atom. The van der Waals surface area contributed by atoms with Crippen LogP contribution < -0.4 is 0 Å². The van der Waals surface area contributed by atoms with Crippen LogP contribution in [-0.4, -0.2) is 36.7 Å². The smallest absolute Gasteiger partial charge is 0.168 e. The van der Waals surface area contributed by atoms with Crippen LogP contribution in [-0.2, 0) is 4.74 Å². The number of ether oxygens (including phenoxy) is 1. The first-order valence-electron chi connectivity index (χ1n) is 10.4. The number of hydrogen-bond donors (Lipinski definition) is 0. The van der Waals surface area contributed by atoms with E-state index in [-0.39, 0.29) is 5.78 Å². The molecule has 152 valence electrons. The summed E-state index contributed by atoms with van der Waals surface area (Å²) in [5.41, 5.74) is 3.87. The van der Waals surface area contributed by atoms with E-state index in [4.69, 9.17) is 4.74 Å². The van der Waals surface area contributed by atoms with Crippen LogP contribution in [0, 0.1) is 5.92 Å². The van der Waals surface area contributed by atoms with Crippen molar-refractivity contribution in [3.8, 4) is 0 Å². The van der Waals surface area contributed by atoms with Crippen molar-refractivity contribution < 1.29 is 9.53 Å². The zero-order chi connectivity index (χ0) is 20.5. The number of aromatic nitrogens is 1. The number of Topliss-reactive ketones (excluding diaryl/α,β-unsaturated/α-hetero) is 1. The number of allylic oxidation sites excluding steroid dienone is 8. The summed E-state index contributed by atoms with van der Waals surface area (Å²) in [6.45, 7) is 3.80. The van der Waals surface area contributed by atoms with Crippen molar-refractivity contribution in [3.05, 3.63) is 77.7 Å². The molecule has 1 atom stereocenters. The molecule has 4 nitrogen and oxygen atoms in total. The van der Waals surface area contributed by atoms with Crippen molar-refractivity contribution in [3.63, 3.8) is 0 Å². The fourth-order valence-electron chi connectivity index (χ4n) is 3.58. The van der Waals surface area contributed by atoms with Crippen molar-refractivity contribution in [1.29, 1.82) is 0 Å². The van der Waals surface area contributed by atoms with Crippen LogP contribution in [0.5, 0.6) is 0 Å². The number of carbonyl (C=O) groups excluding carboxylic acids is 1. The standard InChI is InChI=1S/C25H30N2O2/c1-19-6-3-4-7-20(19)10-12-23(26-2)8-5-9-25(28)22-11-13-24(27-18-22)21-14-16-29-17-15-21/h3-5,7-8,10-13,18-19,21H,6,9,14-17H2,1-2H3/b8-5-,12-10+,26-23?. The summed E-state index contributed by atoms with van der Waals surface area (Å²) in [5, 5.41) is 0. The van der Waals surface area contributed by atoms with Gasteiger partial charge in [0.15, 0.2) is 5.78 Å². The zero-order valence-electron chi connectivity index (χ0n) is 17.4. The Labute approximate surface area is 173 Å². The van der Waals surface area contributed by atoms with Crippen molar-refractivity contribution >= 4 is 11.5 Å². The van der Waals surface area contributed by atoms with E-state index in [0.717, 1.165) is 43.9 Å². The van der Waals surface area contributed by atoms with Crippen LogP contribution >= 0.6 is 0 Å². The van der Waals surface area contributed by atoms with Gasteiger partial charge in [-0.25, -0.2) is 0 Å². The average molecular weight is 391 g/mol. The second-order valence-electron chi connectivity index (χ2n) is 7.60. The van der Waals surface area contributed by atoms with E-state index in [1.165, 1.54) is 5.57 Å². The molecule has 1 fully saturated rings. The first kappa shape index (κ1) is 21.1. The minimum atomic E-state index is 0.0699. The topological polar surface area (TPSA) is 51.5 Å². The van der Waals surface area contributed by atoms with Crippen LogP contribution in [0.3, 0.4) is 0 Å². The van der Waals surface area contributed by atoms with Gasteiger partial charge in [-0.05, 0) is 55.0 Å². The largest absolute Gasteiger partial charge is 0.381 e. The molecule has 0 saturated carbocycles. The van der Waals surface area contributed by atoms with Crippen molar-refractivity contribution in [2.45, 2.75) is 38.5 Å². The highest BCUT2D eigenvalue weighted by Crippen LogP contribution is 2.25. The first-order valence-corrected chi connectivity index (χ1v) is 10.4. The third-order valence-electron chi connectivity index (χ3n) is 5.53. The van der Waals surface area contributed by atoms with Gasteiger partial charge in [0, 0.05) is 50.1 Å². The molecule has 0 spiro atoms. The first-order chi connectivity index (χ1) is 14.2. The Balaban J connectivity index is 1.54. The number of carbonyl (C=O) groups is 1. The molecule has 0 bridgehead atoms. The third kappa shape index (κ3) is 6.20. The minimum Gasteiger partial charge on any atom is -0.381 e. The summed E-state index contributed by atoms with van der Waals surface area (Å²) in [7, 11) is 1.77. The fraction of sp³-hybridized carbons (Fsp3) is 0.400. The molecule has 1 aliphatic heterocycles. The lowest BCUT2D eigenvalue weighted by Crippen LogP contribution is -2.15. The van der Waals surface area contributed by atoms with Gasteiger partial charge >= 0.3 is 0 Å². The van der Waals surface area contributed by atoms with E-state index in [1.54, 1.807) is 13.2 Å². The molecule has 3 rings (SSSR count). The molecule has 0 aromatic carbocycles. The highest BCUT2D eigenvalue weighted by molar-refractivity contribution is 6.05. The van der Waals surface area contributed by atoms with Crippen molar-refractivity contribution in [1.82, 2.24) is 4.98 Å². The highest BCUT2D eigenvalue weighted by Gasteiger charge is 2.17. The van der Waals surface area contributed by atoms with Crippen LogP contribution in [0.25, 0.3) is 0 Å². The molecule has 4 heteroatoms. The van der Waals surface area contributed by atoms with Crippen LogP contribution in [0.1, 0.15) is 54.6 Å². The van der Waals surface area contributed by atoms with Gasteiger partial charge in [0.25, 0.3) is 0 Å². The lowest BCUT2D eigenvalue weighted by molar-refractivity contribution is 0.0844. The molecule has 0 N–H and O–H groups in total. The lowest BCUT2D eigenvalue weighted by atomic mass is 9.93. The lowest BCUT2D eigenvalue weighted by Gasteiger charge is -2.21. The quantitative estimate of drug-likeness (QED) is 0.472. The Kier molecular flexibility index (Phi) is 7.88. The fourth-order valence-corrected chi connectivity index (χ4v) is 3.58. The predicted octanol–water partition coefficient (Wildman–Crippen LogP) is 5.25. The third-order valence-corrected chi connectivity index (χ3v) is 5.53. The molecule has 2 aliphatic rings. The van der Waals surface area contributed by atoms with Crippen LogP contribution in [0.15, 0.2) is 71.4 Å². The maximum absolute atomic E-state index is 12.5. The molecule has 0 radical (unpaired) electrons. The minimum absolute atomic E-state index is 0.0699. The van der Waals surface area contributed by atoms with Gasteiger partial charge in [0.2, 0.25) is 0 Å². The summed E-state index contributed by atoms with van der Waals surface area (Å²) in [4.78, 5) is 21.3. The van der Waals surface area contributed by atoms with Gasteiger partial charge in [-0.3, -0.25) is 14.8 Å². The maximum Gasteiger partial charge on any atom is 0.168 e. The Morgan fingerprint density at radius 1 is 1.28 bits per heavy atom. The number of pyridine rings is 1. The van der Waals surface area contributed by atoms with E-state index in [1.807, 2.05) is 30.4 Å². The summed E-state index contributed by atoms with van der Waals surface area (Å²) >= 11 is 0. The van der Waals surface area contributed by atoms with Crippen LogP contribution in [0.2, 0.25) is 0 Å². The maximum atomic E-state index is 12.5. The van der Waals surface area contributed by atoms with Crippen LogP contribution in [0.4, 0.5) is 0 Å². The summed E-state index contributed by atoms with van der Waals surface area (Å²) in [6.07, 6.45) is 19.4. The van der Waals surface area contributed by atoms with Gasteiger partial charge in [-0.1, -0.05) is 37.3 Å². The molecule has 29 heavy (non-hydrogen) atoms. The molecule has 1 aromatic heterocycles. The Morgan fingerprint density at radius 2 is 2.10 bits per heavy atom. The average Bonchev–Trinajstić information content (AvgIpc) is 2.77. The number of nitrogens with zero attached hydrogens (tertiary/aromatic N) is 2. The van der Waals surface area contributed by atoms with E-state index in [0.29, 0.717) is 23.8 Å². The van der Waals surface area contributed by atoms with E-state index in [9.17, 15) is 4.79 Å². The summed E-state index contributed by atoms with van der Waals surface area (Å²) in [5.74, 6) is 1.04. The monoisotopic (exact) mass is 390 g/mol. The molecule has 1 aliphatic carbocycles. The number of rotatable bonds is 7. The Bertz CT molecular complexity index is 838. The normalized spacial score (nSPS) is 21.1. The van der Waals surface area contributed by atoms with Crippen molar-refractivity contribution in [2.75, 3.05) is 20.3 Å². The molecule has 1 aromatic rings. The summed E-state index contributed by atoms with van der Waals surface area (Å²) in [6, 6.07) is 3.88. The molecule has 1 unspecified atom stereocenters. The highest BCUT2D eigenvalue weighted by atomic mass is 16.5. The van der Waals surface area contributed by atoms with E-state index < -0.39 is 0 Å². The van der Waals surface area contributed by atoms with Gasteiger partial charge in [0.1, 0.15) is 0 Å². The van der Waals surface area contributed by atoms with Gasteiger partial charge < -0.3 is 4.74 Å². The van der Waals surface area contributed by atoms with Crippen molar-refractivity contribution in [2.24, 2.45) is 10.9 Å². The molecule has 2 heterocycles. The molecular formula is C25H30N2O2. The molecule has 0 amide bonds. The van der Waals surface area contributed by atoms with Gasteiger partial charge in [-0.15, -0.1) is 0 Å². The van der Waals surface area contributed by atoms with Gasteiger partial charge in [-0.2, -0.15) is 0 Å². The zero-order valence-corrected chi connectivity index (χ0v) is 17.4. The second-order valence-corrected chi connectivity index (χ2v) is 7.60. The molecular weight excluding hydrogens is 360 g/mol. The predicted molar refractivity (Wildman–Crippen MR) is 119 cm³/mol. The number of hydrogen-bond acceptors (Lipinski definition) is 4. The molecule has 1 saturated heterocycles. The van der Waals surface area contributed by atoms with Gasteiger partial charge in [0.05, 0.1) is 5.71 Å². The van der Waals surface area contributed by atoms with E-state index in [2.05, 4.69) is 41.2 Å².